The average Bonchev–Trinajstić information content (AvgIpc) is 2.24. The molecule has 0 saturated carbocycles. The van der Waals surface area contributed by atoms with Crippen LogP contribution in [0.3, 0.4) is 0 Å². The van der Waals surface area contributed by atoms with Crippen LogP contribution in [0.2, 0.25) is 0 Å². The van der Waals surface area contributed by atoms with Crippen molar-refractivity contribution in [3.05, 3.63) is 35.4 Å². The van der Waals surface area contributed by atoms with Gasteiger partial charge in [0.05, 0.1) is 6.42 Å². The van der Waals surface area contributed by atoms with Crippen molar-refractivity contribution in [3.8, 4) is 0 Å². The van der Waals surface area contributed by atoms with E-state index in [4.69, 9.17) is 9.47 Å². The van der Waals surface area contributed by atoms with Crippen molar-refractivity contribution in [1.82, 2.24) is 0 Å². The molecule has 0 aliphatic carbocycles. The maximum atomic E-state index is 11.7. The Morgan fingerprint density at radius 2 is 1.79 bits per heavy atom. The molecule has 0 spiro atoms. The molecule has 19 heavy (non-hydrogen) atoms. The molecular weight excluding hydrogens is 244 g/mol. The minimum absolute atomic E-state index is 0.213. The van der Waals surface area contributed by atoms with Crippen molar-refractivity contribution in [2.24, 2.45) is 0 Å². The first-order valence-electron chi connectivity index (χ1n) is 6.19. The molecule has 0 atom stereocenters. The van der Waals surface area contributed by atoms with E-state index >= 15 is 0 Å². The molecular formula is C15H20O4. The molecule has 0 aromatic heterocycles. The standard InChI is InChI=1S/C15H20O4/c1-11(16)18-10-13-7-5-6-12(8-13)9-14(17)19-15(2,3)4/h5-8H,9-10H2,1-4H3. The van der Waals surface area contributed by atoms with Crippen molar-refractivity contribution in [2.45, 2.75) is 46.3 Å². The number of benzene rings is 1. The highest BCUT2D eigenvalue weighted by Gasteiger charge is 2.16. The third-order valence-corrected chi connectivity index (χ3v) is 2.20. The summed E-state index contributed by atoms with van der Waals surface area (Å²) in [5.41, 5.74) is 1.22. The number of carbonyl (C=O) groups excluding carboxylic acids is 2. The highest BCUT2D eigenvalue weighted by atomic mass is 16.6. The van der Waals surface area contributed by atoms with Crippen LogP contribution in [0.4, 0.5) is 0 Å². The second-order valence-electron chi connectivity index (χ2n) is 5.36. The van der Waals surface area contributed by atoms with E-state index in [0.29, 0.717) is 0 Å². The molecule has 0 aliphatic rings. The lowest BCUT2D eigenvalue weighted by atomic mass is 10.1. The van der Waals surface area contributed by atoms with Crippen molar-refractivity contribution in [1.29, 1.82) is 0 Å². The molecule has 0 bridgehead atoms. The molecule has 0 N–H and O–H groups in total. The molecule has 104 valence electrons. The Morgan fingerprint density at radius 3 is 2.37 bits per heavy atom. The highest BCUT2D eigenvalue weighted by Crippen LogP contribution is 2.12. The second-order valence-corrected chi connectivity index (χ2v) is 5.36. The number of hydrogen-bond acceptors (Lipinski definition) is 4. The van der Waals surface area contributed by atoms with Gasteiger partial charge in [-0.05, 0) is 31.9 Å². The molecule has 1 aromatic rings. The smallest absolute Gasteiger partial charge is 0.310 e. The molecule has 4 nitrogen and oxygen atoms in total. The van der Waals surface area contributed by atoms with Gasteiger partial charge < -0.3 is 9.47 Å². The molecule has 0 unspecified atom stereocenters. The summed E-state index contributed by atoms with van der Waals surface area (Å²) in [4.78, 5) is 22.4. The fourth-order valence-electron chi connectivity index (χ4n) is 1.56. The Bertz CT molecular complexity index is 457. The Morgan fingerprint density at radius 1 is 1.16 bits per heavy atom. The van der Waals surface area contributed by atoms with Gasteiger partial charge in [-0.3, -0.25) is 9.59 Å². The minimum Gasteiger partial charge on any atom is -0.461 e. The second kappa shape index (κ2) is 6.36. The normalized spacial score (nSPS) is 10.9. The van der Waals surface area contributed by atoms with Crippen molar-refractivity contribution in [2.75, 3.05) is 0 Å². The Hall–Kier alpha value is -1.84. The number of esters is 2. The molecule has 0 saturated heterocycles. The van der Waals surface area contributed by atoms with Crippen LogP contribution in [0.15, 0.2) is 24.3 Å². The monoisotopic (exact) mass is 264 g/mol. The lowest BCUT2D eigenvalue weighted by molar-refractivity contribution is -0.154. The zero-order chi connectivity index (χ0) is 14.5. The number of ether oxygens (including phenoxy) is 2. The maximum absolute atomic E-state index is 11.7. The average molecular weight is 264 g/mol. The molecule has 0 radical (unpaired) electrons. The summed E-state index contributed by atoms with van der Waals surface area (Å²) >= 11 is 0. The van der Waals surface area contributed by atoms with E-state index in [-0.39, 0.29) is 25.0 Å². The van der Waals surface area contributed by atoms with Gasteiger partial charge in [0.1, 0.15) is 12.2 Å². The molecule has 0 amide bonds. The van der Waals surface area contributed by atoms with Gasteiger partial charge in [-0.25, -0.2) is 0 Å². The van der Waals surface area contributed by atoms with Gasteiger partial charge in [0.15, 0.2) is 0 Å². The first kappa shape index (κ1) is 15.2. The molecule has 1 rings (SSSR count). The quantitative estimate of drug-likeness (QED) is 0.784. The van der Waals surface area contributed by atoms with Crippen molar-refractivity contribution < 1.29 is 19.1 Å². The molecule has 0 heterocycles. The summed E-state index contributed by atoms with van der Waals surface area (Å²) in [6.45, 7) is 7.09. The fraction of sp³-hybridized carbons (Fsp3) is 0.467. The maximum Gasteiger partial charge on any atom is 0.310 e. The third kappa shape index (κ3) is 6.60. The number of carbonyl (C=O) groups is 2. The predicted molar refractivity (Wildman–Crippen MR) is 71.5 cm³/mol. The fourth-order valence-corrected chi connectivity index (χ4v) is 1.56. The van der Waals surface area contributed by atoms with E-state index in [0.717, 1.165) is 11.1 Å². The van der Waals surface area contributed by atoms with Crippen LogP contribution in [0, 0.1) is 0 Å². The van der Waals surface area contributed by atoms with E-state index in [1.165, 1.54) is 6.92 Å². The molecule has 4 heteroatoms. The summed E-state index contributed by atoms with van der Waals surface area (Å²) < 4.78 is 10.2. The van der Waals surface area contributed by atoms with Crippen LogP contribution in [0.25, 0.3) is 0 Å². The van der Waals surface area contributed by atoms with Gasteiger partial charge in [0.2, 0.25) is 0 Å². The van der Waals surface area contributed by atoms with Crippen LogP contribution in [0.1, 0.15) is 38.8 Å². The Kier molecular flexibility index (Phi) is 5.10. The van der Waals surface area contributed by atoms with Crippen LogP contribution in [-0.2, 0) is 32.1 Å². The third-order valence-electron chi connectivity index (χ3n) is 2.20. The van der Waals surface area contributed by atoms with Crippen LogP contribution < -0.4 is 0 Å². The van der Waals surface area contributed by atoms with E-state index in [9.17, 15) is 9.59 Å². The summed E-state index contributed by atoms with van der Waals surface area (Å²) in [7, 11) is 0. The van der Waals surface area contributed by atoms with Gasteiger partial charge in [0.25, 0.3) is 0 Å². The highest BCUT2D eigenvalue weighted by molar-refractivity contribution is 5.73. The lowest BCUT2D eigenvalue weighted by Crippen LogP contribution is -2.24. The van der Waals surface area contributed by atoms with Crippen LogP contribution in [-0.4, -0.2) is 17.5 Å². The molecule has 0 fully saturated rings. The van der Waals surface area contributed by atoms with Crippen molar-refractivity contribution in [3.63, 3.8) is 0 Å². The number of hydrogen-bond donors (Lipinski definition) is 0. The molecule has 0 aliphatic heterocycles. The number of rotatable bonds is 4. The first-order valence-corrected chi connectivity index (χ1v) is 6.19. The Balaban J connectivity index is 2.61. The van der Waals surface area contributed by atoms with Crippen molar-refractivity contribution >= 4 is 11.9 Å². The molecule has 1 aromatic carbocycles. The first-order chi connectivity index (χ1) is 8.76. The topological polar surface area (TPSA) is 52.6 Å². The van der Waals surface area contributed by atoms with Crippen LogP contribution >= 0.6 is 0 Å². The zero-order valence-corrected chi connectivity index (χ0v) is 11.9. The van der Waals surface area contributed by atoms with E-state index in [2.05, 4.69) is 0 Å². The van der Waals surface area contributed by atoms with E-state index < -0.39 is 5.60 Å². The summed E-state index contributed by atoms with van der Waals surface area (Å²) in [6, 6.07) is 7.37. The zero-order valence-electron chi connectivity index (χ0n) is 11.9. The van der Waals surface area contributed by atoms with Gasteiger partial charge in [-0.1, -0.05) is 24.3 Å². The SMILES string of the molecule is CC(=O)OCc1cccc(CC(=O)OC(C)(C)C)c1. The summed E-state index contributed by atoms with van der Waals surface area (Å²) in [6.07, 6.45) is 0.213. The van der Waals surface area contributed by atoms with Gasteiger partial charge >= 0.3 is 11.9 Å². The summed E-state index contributed by atoms with van der Waals surface area (Å²) in [5, 5.41) is 0. The summed E-state index contributed by atoms with van der Waals surface area (Å²) in [5.74, 6) is -0.588. The van der Waals surface area contributed by atoms with Gasteiger partial charge in [-0.2, -0.15) is 0 Å². The van der Waals surface area contributed by atoms with Gasteiger partial charge in [0, 0.05) is 6.92 Å². The van der Waals surface area contributed by atoms with E-state index in [1.54, 1.807) is 0 Å². The predicted octanol–water partition coefficient (Wildman–Crippen LogP) is 2.63. The minimum atomic E-state index is -0.480. The van der Waals surface area contributed by atoms with Gasteiger partial charge in [-0.15, -0.1) is 0 Å². The van der Waals surface area contributed by atoms with Crippen LogP contribution in [0.5, 0.6) is 0 Å². The van der Waals surface area contributed by atoms with E-state index in [1.807, 2.05) is 45.0 Å². The lowest BCUT2D eigenvalue weighted by Gasteiger charge is -2.19. The largest absolute Gasteiger partial charge is 0.461 e. The Labute approximate surface area is 113 Å².